The van der Waals surface area contributed by atoms with Gasteiger partial charge in [-0.1, -0.05) is 17.7 Å². The maximum Gasteiger partial charge on any atom is 0.347 e. The van der Waals surface area contributed by atoms with Gasteiger partial charge in [-0.3, -0.25) is 4.79 Å². The van der Waals surface area contributed by atoms with Crippen molar-refractivity contribution in [2.24, 2.45) is 0 Å². The van der Waals surface area contributed by atoms with Crippen LogP contribution >= 0.6 is 23.1 Å². The lowest BCUT2D eigenvalue weighted by atomic mass is 10.2. The van der Waals surface area contributed by atoms with Crippen LogP contribution in [0.4, 0.5) is 0 Å². The van der Waals surface area contributed by atoms with Crippen molar-refractivity contribution >= 4 is 35.0 Å². The van der Waals surface area contributed by atoms with E-state index in [9.17, 15) is 9.59 Å². The minimum Gasteiger partial charge on any atom is -0.477 e. The number of rotatable bonds is 6. The van der Waals surface area contributed by atoms with Crippen molar-refractivity contribution in [3.8, 4) is 0 Å². The monoisotopic (exact) mass is 350 g/mol. The first-order valence-corrected chi connectivity index (χ1v) is 8.86. The van der Waals surface area contributed by atoms with E-state index >= 15 is 0 Å². The van der Waals surface area contributed by atoms with E-state index < -0.39 is 5.97 Å². The Morgan fingerprint density at radius 3 is 2.52 bits per heavy atom. The zero-order chi connectivity index (χ0) is 17.0. The summed E-state index contributed by atoms with van der Waals surface area (Å²) in [5.41, 5.74) is 1.66. The van der Waals surface area contributed by atoms with Crippen LogP contribution < -0.4 is 5.32 Å². The SMILES string of the molecule is Cc1ccc(SCC(=O)NC(C)c2nc(C)c(C(=O)O)s2)cc1. The van der Waals surface area contributed by atoms with Gasteiger partial charge in [-0.05, 0) is 32.9 Å². The van der Waals surface area contributed by atoms with Crippen LogP contribution in [0.15, 0.2) is 29.2 Å². The van der Waals surface area contributed by atoms with Gasteiger partial charge in [0.05, 0.1) is 17.5 Å². The highest BCUT2D eigenvalue weighted by Crippen LogP contribution is 2.24. The molecule has 0 spiro atoms. The van der Waals surface area contributed by atoms with Crippen molar-refractivity contribution in [1.82, 2.24) is 10.3 Å². The van der Waals surface area contributed by atoms with E-state index in [1.54, 1.807) is 13.8 Å². The van der Waals surface area contributed by atoms with Gasteiger partial charge in [0.25, 0.3) is 0 Å². The van der Waals surface area contributed by atoms with E-state index in [0.29, 0.717) is 16.5 Å². The Kier molecular flexibility index (Phi) is 5.79. The average Bonchev–Trinajstić information content (AvgIpc) is 2.89. The summed E-state index contributed by atoms with van der Waals surface area (Å²) in [5, 5.41) is 12.5. The Labute approximate surface area is 143 Å². The first-order chi connectivity index (χ1) is 10.9. The quantitative estimate of drug-likeness (QED) is 0.780. The third-order valence-electron chi connectivity index (χ3n) is 3.15. The number of hydrogen-bond acceptors (Lipinski definition) is 5. The molecule has 2 rings (SSSR count). The smallest absolute Gasteiger partial charge is 0.347 e. The second-order valence-electron chi connectivity index (χ2n) is 5.16. The highest BCUT2D eigenvalue weighted by Gasteiger charge is 2.19. The van der Waals surface area contributed by atoms with Crippen LogP contribution in [-0.4, -0.2) is 27.7 Å². The maximum atomic E-state index is 12.0. The number of nitrogens with zero attached hydrogens (tertiary/aromatic N) is 1. The molecule has 0 fully saturated rings. The van der Waals surface area contributed by atoms with Gasteiger partial charge < -0.3 is 10.4 Å². The Morgan fingerprint density at radius 2 is 1.96 bits per heavy atom. The summed E-state index contributed by atoms with van der Waals surface area (Å²) in [5.74, 6) is -0.781. The van der Waals surface area contributed by atoms with E-state index in [4.69, 9.17) is 5.11 Å². The molecule has 0 aliphatic heterocycles. The standard InChI is InChI=1S/C16H18N2O3S2/c1-9-4-6-12(7-5-9)22-8-13(19)17-11(3)15-18-10(2)14(23-15)16(20)21/h4-7,11H,8H2,1-3H3,(H,17,19)(H,20,21). The third-order valence-corrected chi connectivity index (χ3v) is 5.49. The Balaban J connectivity index is 1.90. The predicted octanol–water partition coefficient (Wildman–Crippen LogP) is 3.43. The van der Waals surface area contributed by atoms with Crippen LogP contribution in [0.5, 0.6) is 0 Å². The molecule has 0 aliphatic rings. The first-order valence-electron chi connectivity index (χ1n) is 7.06. The molecule has 0 radical (unpaired) electrons. The van der Waals surface area contributed by atoms with Crippen molar-refractivity contribution in [1.29, 1.82) is 0 Å². The van der Waals surface area contributed by atoms with Gasteiger partial charge >= 0.3 is 5.97 Å². The summed E-state index contributed by atoms with van der Waals surface area (Å²) >= 11 is 2.57. The van der Waals surface area contributed by atoms with Crippen LogP contribution in [0.3, 0.4) is 0 Å². The number of hydrogen-bond donors (Lipinski definition) is 2. The molecule has 23 heavy (non-hydrogen) atoms. The number of nitrogens with one attached hydrogen (secondary N) is 1. The normalized spacial score (nSPS) is 12.0. The number of aromatic carboxylic acids is 1. The van der Waals surface area contributed by atoms with E-state index in [-0.39, 0.29) is 16.8 Å². The summed E-state index contributed by atoms with van der Waals surface area (Å²) in [7, 11) is 0. The molecular formula is C16H18N2O3S2. The number of benzene rings is 1. The van der Waals surface area contributed by atoms with E-state index in [1.165, 1.54) is 17.3 Å². The second kappa shape index (κ2) is 7.61. The summed E-state index contributed by atoms with van der Waals surface area (Å²) in [6.45, 7) is 5.48. The molecule has 7 heteroatoms. The minimum atomic E-state index is -0.986. The lowest BCUT2D eigenvalue weighted by Gasteiger charge is -2.11. The van der Waals surface area contributed by atoms with Gasteiger partial charge in [0.1, 0.15) is 9.88 Å². The van der Waals surface area contributed by atoms with Crippen LogP contribution in [-0.2, 0) is 4.79 Å². The zero-order valence-electron chi connectivity index (χ0n) is 13.1. The summed E-state index contributed by atoms with van der Waals surface area (Å²) < 4.78 is 0. The van der Waals surface area contributed by atoms with Crippen molar-refractivity contribution in [3.05, 3.63) is 45.4 Å². The number of thioether (sulfide) groups is 1. The topological polar surface area (TPSA) is 79.3 Å². The average molecular weight is 350 g/mol. The molecule has 1 atom stereocenters. The number of amides is 1. The van der Waals surface area contributed by atoms with Gasteiger partial charge in [0.2, 0.25) is 5.91 Å². The highest BCUT2D eigenvalue weighted by atomic mass is 32.2. The fourth-order valence-corrected chi connectivity index (χ4v) is 3.55. The van der Waals surface area contributed by atoms with Crippen LogP contribution in [0.1, 0.15) is 38.9 Å². The third kappa shape index (κ3) is 4.80. The van der Waals surface area contributed by atoms with Gasteiger partial charge in [-0.2, -0.15) is 0 Å². The Morgan fingerprint density at radius 1 is 1.30 bits per heavy atom. The molecule has 2 aromatic rings. The first kappa shape index (κ1) is 17.5. The number of carboxylic acid groups (broad SMARTS) is 1. The molecule has 5 nitrogen and oxygen atoms in total. The fraction of sp³-hybridized carbons (Fsp3) is 0.312. The molecular weight excluding hydrogens is 332 g/mol. The molecule has 0 saturated heterocycles. The molecule has 0 bridgehead atoms. The molecule has 122 valence electrons. The molecule has 1 amide bonds. The summed E-state index contributed by atoms with van der Waals surface area (Å²) in [6.07, 6.45) is 0. The van der Waals surface area contributed by atoms with Crippen LogP contribution in [0.25, 0.3) is 0 Å². The number of carbonyl (C=O) groups excluding carboxylic acids is 1. The van der Waals surface area contributed by atoms with Gasteiger partial charge in [-0.15, -0.1) is 23.1 Å². The highest BCUT2D eigenvalue weighted by molar-refractivity contribution is 8.00. The largest absolute Gasteiger partial charge is 0.477 e. The predicted molar refractivity (Wildman–Crippen MR) is 92.3 cm³/mol. The Hall–Kier alpha value is -1.86. The molecule has 2 N–H and O–H groups in total. The van der Waals surface area contributed by atoms with Crippen molar-refractivity contribution in [2.75, 3.05) is 5.75 Å². The van der Waals surface area contributed by atoms with Crippen LogP contribution in [0, 0.1) is 13.8 Å². The van der Waals surface area contributed by atoms with E-state index in [2.05, 4.69) is 10.3 Å². The van der Waals surface area contributed by atoms with Gasteiger partial charge in [-0.25, -0.2) is 9.78 Å². The van der Waals surface area contributed by atoms with Crippen LogP contribution in [0.2, 0.25) is 0 Å². The number of carbonyl (C=O) groups is 2. The summed E-state index contributed by atoms with van der Waals surface area (Å²) in [6, 6.07) is 7.68. The number of carboxylic acids is 1. The molecule has 1 heterocycles. The zero-order valence-corrected chi connectivity index (χ0v) is 14.8. The van der Waals surface area contributed by atoms with Crippen molar-refractivity contribution in [2.45, 2.75) is 31.7 Å². The molecule has 1 aromatic carbocycles. The minimum absolute atomic E-state index is 0.104. The van der Waals surface area contributed by atoms with E-state index in [1.807, 2.05) is 31.2 Å². The summed E-state index contributed by atoms with van der Waals surface area (Å²) in [4.78, 5) is 28.5. The number of thiazole rings is 1. The maximum absolute atomic E-state index is 12.0. The molecule has 0 aliphatic carbocycles. The van der Waals surface area contributed by atoms with Crippen molar-refractivity contribution < 1.29 is 14.7 Å². The number of aryl methyl sites for hydroxylation is 2. The lowest BCUT2D eigenvalue weighted by Crippen LogP contribution is -2.28. The van der Waals surface area contributed by atoms with Gasteiger partial charge in [0.15, 0.2) is 0 Å². The second-order valence-corrected chi connectivity index (χ2v) is 7.24. The fourth-order valence-electron chi connectivity index (χ4n) is 1.93. The molecule has 1 unspecified atom stereocenters. The van der Waals surface area contributed by atoms with E-state index in [0.717, 1.165) is 16.2 Å². The lowest BCUT2D eigenvalue weighted by molar-refractivity contribution is -0.119. The molecule has 0 saturated carbocycles. The number of aromatic nitrogens is 1. The van der Waals surface area contributed by atoms with Gasteiger partial charge in [0, 0.05) is 4.90 Å². The van der Waals surface area contributed by atoms with Crippen molar-refractivity contribution in [3.63, 3.8) is 0 Å². The Bertz CT molecular complexity index is 711. The molecule has 1 aromatic heterocycles.